The Hall–Kier alpha value is -1.91. The van der Waals surface area contributed by atoms with Crippen LogP contribution in [0.1, 0.15) is 49.9 Å². The Morgan fingerprint density at radius 1 is 1.41 bits per heavy atom. The lowest BCUT2D eigenvalue weighted by Gasteiger charge is -2.35. The van der Waals surface area contributed by atoms with Crippen molar-refractivity contribution in [3.63, 3.8) is 0 Å². The van der Waals surface area contributed by atoms with Gasteiger partial charge in [0.1, 0.15) is 5.82 Å². The first-order valence-electron chi connectivity index (χ1n) is 7.86. The van der Waals surface area contributed by atoms with Crippen molar-refractivity contribution in [1.82, 2.24) is 5.32 Å². The minimum Gasteiger partial charge on any atom is -0.369 e. The number of benzene rings is 1. The molecule has 1 fully saturated rings. The number of amides is 1. The Labute approximate surface area is 130 Å². The molecule has 0 bridgehead atoms. The Kier molecular flexibility index (Phi) is 5.52. The van der Waals surface area contributed by atoms with Gasteiger partial charge in [-0.2, -0.15) is 0 Å². The summed E-state index contributed by atoms with van der Waals surface area (Å²) in [6.45, 7) is 4.73. The second-order valence-corrected chi connectivity index (χ2v) is 5.79. The summed E-state index contributed by atoms with van der Waals surface area (Å²) >= 11 is 0. The Bertz CT molecular complexity index is 560. The highest BCUT2D eigenvalue weighted by Crippen LogP contribution is 2.26. The third-order valence-electron chi connectivity index (χ3n) is 3.95. The van der Waals surface area contributed by atoms with Gasteiger partial charge >= 0.3 is 0 Å². The number of piperidine rings is 1. The van der Waals surface area contributed by atoms with Crippen LogP contribution < -0.4 is 10.2 Å². The van der Waals surface area contributed by atoms with Gasteiger partial charge in [0.25, 0.3) is 0 Å². The molecule has 1 unspecified atom stereocenters. The molecule has 0 spiro atoms. The molecular formula is C17H23FN2O2. The minimum atomic E-state index is -0.484. The van der Waals surface area contributed by atoms with Gasteiger partial charge in [-0.1, -0.05) is 13.0 Å². The molecule has 0 aliphatic carbocycles. The summed E-state index contributed by atoms with van der Waals surface area (Å²) < 4.78 is 13.9. The van der Waals surface area contributed by atoms with E-state index in [0.717, 1.165) is 25.8 Å². The highest BCUT2D eigenvalue weighted by molar-refractivity contribution is 6.00. The lowest BCUT2D eigenvalue weighted by molar-refractivity contribution is -0.121. The predicted octanol–water partition coefficient (Wildman–Crippen LogP) is 2.91. The van der Waals surface area contributed by atoms with E-state index in [1.807, 2.05) is 11.8 Å². The highest BCUT2D eigenvalue weighted by atomic mass is 19.1. The number of Topliss-reactive ketones (excluding diaryl/α,β-unsaturated/α-hetero) is 1. The average molecular weight is 306 g/mol. The summed E-state index contributed by atoms with van der Waals surface area (Å²) in [5, 5.41) is 3.02. The number of carbonyl (C=O) groups excluding carboxylic acids is 2. The lowest BCUT2D eigenvalue weighted by Crippen LogP contribution is -2.48. The first-order valence-corrected chi connectivity index (χ1v) is 7.86. The molecule has 2 rings (SSSR count). The van der Waals surface area contributed by atoms with Gasteiger partial charge in [0, 0.05) is 25.6 Å². The van der Waals surface area contributed by atoms with Gasteiger partial charge in [0.15, 0.2) is 5.78 Å². The summed E-state index contributed by atoms with van der Waals surface area (Å²) in [6, 6.07) is 4.76. The monoisotopic (exact) mass is 306 g/mol. The molecule has 1 amide bonds. The van der Waals surface area contributed by atoms with Crippen LogP contribution in [0, 0.1) is 5.82 Å². The van der Waals surface area contributed by atoms with Gasteiger partial charge in [-0.3, -0.25) is 9.59 Å². The van der Waals surface area contributed by atoms with E-state index >= 15 is 0 Å². The second kappa shape index (κ2) is 7.38. The molecule has 1 aromatic rings. The fourth-order valence-electron chi connectivity index (χ4n) is 2.97. The van der Waals surface area contributed by atoms with Crippen molar-refractivity contribution in [3.05, 3.63) is 29.6 Å². The number of hydrogen-bond acceptors (Lipinski definition) is 3. The topological polar surface area (TPSA) is 49.4 Å². The molecule has 1 aromatic carbocycles. The van der Waals surface area contributed by atoms with E-state index in [-0.39, 0.29) is 23.3 Å². The van der Waals surface area contributed by atoms with Gasteiger partial charge in [-0.15, -0.1) is 0 Å². The average Bonchev–Trinajstić information content (AvgIpc) is 2.47. The van der Waals surface area contributed by atoms with Gasteiger partial charge in [0.05, 0.1) is 11.3 Å². The fraction of sp³-hybridized carbons (Fsp3) is 0.529. The summed E-state index contributed by atoms with van der Waals surface area (Å²) in [7, 11) is 0. The molecule has 1 N–H and O–H groups in total. The molecule has 1 aliphatic heterocycles. The molecule has 1 atom stereocenters. The minimum absolute atomic E-state index is 0.0517. The quantitative estimate of drug-likeness (QED) is 0.851. The van der Waals surface area contributed by atoms with Crippen LogP contribution in [-0.4, -0.2) is 30.8 Å². The molecule has 0 aromatic heterocycles. The number of carbonyl (C=O) groups is 2. The largest absolute Gasteiger partial charge is 0.369 e. The number of rotatable bonds is 5. The smallest absolute Gasteiger partial charge is 0.220 e. The zero-order valence-electron chi connectivity index (χ0n) is 13.2. The van der Waals surface area contributed by atoms with E-state index < -0.39 is 5.82 Å². The molecule has 1 heterocycles. The van der Waals surface area contributed by atoms with Crippen LogP contribution in [0.3, 0.4) is 0 Å². The number of ketones is 1. The molecule has 120 valence electrons. The van der Waals surface area contributed by atoms with E-state index in [1.54, 1.807) is 12.1 Å². The number of nitrogens with one attached hydrogen (secondary N) is 1. The van der Waals surface area contributed by atoms with Crippen molar-refractivity contribution in [1.29, 1.82) is 0 Å². The molecule has 1 saturated heterocycles. The lowest BCUT2D eigenvalue weighted by atomic mass is 10.0. The molecule has 5 heteroatoms. The van der Waals surface area contributed by atoms with Crippen molar-refractivity contribution < 1.29 is 14.0 Å². The van der Waals surface area contributed by atoms with Gasteiger partial charge in [-0.05, 0) is 38.3 Å². The van der Waals surface area contributed by atoms with Crippen molar-refractivity contribution in [2.24, 2.45) is 0 Å². The maximum Gasteiger partial charge on any atom is 0.220 e. The highest BCUT2D eigenvalue weighted by Gasteiger charge is 2.25. The van der Waals surface area contributed by atoms with Gasteiger partial charge < -0.3 is 10.2 Å². The molecular weight excluding hydrogens is 283 g/mol. The number of nitrogens with zero attached hydrogens (tertiary/aromatic N) is 1. The van der Waals surface area contributed by atoms with Crippen LogP contribution in [0.15, 0.2) is 18.2 Å². The predicted molar refractivity (Wildman–Crippen MR) is 84.7 cm³/mol. The molecule has 0 radical (unpaired) electrons. The van der Waals surface area contributed by atoms with E-state index in [1.165, 1.54) is 13.0 Å². The standard InChI is InChI=1S/C17H23FN2O2/c1-3-6-16(22)19-13-7-5-10-20(11-13)15-9-4-8-14(18)17(15)12(2)21/h4,8-9,13H,3,5-7,10-11H2,1-2H3,(H,19,22). The third-order valence-corrected chi connectivity index (χ3v) is 3.95. The Balaban J connectivity index is 2.14. The van der Waals surface area contributed by atoms with E-state index in [2.05, 4.69) is 5.32 Å². The van der Waals surface area contributed by atoms with Crippen LogP contribution in [0.5, 0.6) is 0 Å². The SMILES string of the molecule is CCCC(=O)NC1CCCN(c2cccc(F)c2C(C)=O)C1. The first-order chi connectivity index (χ1) is 10.5. The molecule has 1 aliphatic rings. The summed E-state index contributed by atoms with van der Waals surface area (Å²) in [6.07, 6.45) is 3.16. The number of anilines is 1. The summed E-state index contributed by atoms with van der Waals surface area (Å²) in [5.74, 6) is -0.701. The van der Waals surface area contributed by atoms with E-state index in [0.29, 0.717) is 18.7 Å². The second-order valence-electron chi connectivity index (χ2n) is 5.79. The van der Waals surface area contributed by atoms with Crippen molar-refractivity contribution in [3.8, 4) is 0 Å². The molecule has 22 heavy (non-hydrogen) atoms. The number of halogens is 1. The normalized spacial score (nSPS) is 18.1. The molecule has 4 nitrogen and oxygen atoms in total. The summed E-state index contributed by atoms with van der Waals surface area (Å²) in [4.78, 5) is 25.5. The maximum atomic E-state index is 13.9. The zero-order valence-corrected chi connectivity index (χ0v) is 13.2. The van der Waals surface area contributed by atoms with Crippen molar-refractivity contribution >= 4 is 17.4 Å². The Morgan fingerprint density at radius 2 is 2.18 bits per heavy atom. The fourth-order valence-corrected chi connectivity index (χ4v) is 2.97. The van der Waals surface area contributed by atoms with E-state index in [4.69, 9.17) is 0 Å². The maximum absolute atomic E-state index is 13.9. The third kappa shape index (κ3) is 3.84. The van der Waals surface area contributed by atoms with Crippen LogP contribution in [0.4, 0.5) is 10.1 Å². The summed E-state index contributed by atoms with van der Waals surface area (Å²) in [5.41, 5.74) is 0.768. The van der Waals surface area contributed by atoms with Gasteiger partial charge in [-0.25, -0.2) is 4.39 Å². The van der Waals surface area contributed by atoms with E-state index in [9.17, 15) is 14.0 Å². The van der Waals surface area contributed by atoms with Crippen LogP contribution >= 0.6 is 0 Å². The van der Waals surface area contributed by atoms with Gasteiger partial charge in [0.2, 0.25) is 5.91 Å². The van der Waals surface area contributed by atoms with Crippen molar-refractivity contribution in [2.75, 3.05) is 18.0 Å². The van der Waals surface area contributed by atoms with Crippen LogP contribution in [-0.2, 0) is 4.79 Å². The molecule has 0 saturated carbocycles. The van der Waals surface area contributed by atoms with Crippen LogP contribution in [0.2, 0.25) is 0 Å². The Morgan fingerprint density at radius 3 is 2.86 bits per heavy atom. The van der Waals surface area contributed by atoms with Crippen molar-refractivity contribution in [2.45, 2.75) is 45.6 Å². The number of hydrogen-bond donors (Lipinski definition) is 1. The zero-order chi connectivity index (χ0) is 16.1. The van der Waals surface area contributed by atoms with Crippen LogP contribution in [0.25, 0.3) is 0 Å². The first kappa shape index (κ1) is 16.5.